The van der Waals surface area contributed by atoms with Gasteiger partial charge in [0.15, 0.2) is 0 Å². The van der Waals surface area contributed by atoms with Gasteiger partial charge in [0.1, 0.15) is 5.82 Å². The molecule has 0 saturated carbocycles. The summed E-state index contributed by atoms with van der Waals surface area (Å²) in [5.41, 5.74) is 0.988. The highest BCUT2D eigenvalue weighted by Gasteiger charge is 2.32. The highest BCUT2D eigenvalue weighted by atomic mass is 19.1. The van der Waals surface area contributed by atoms with Gasteiger partial charge in [-0.1, -0.05) is 19.1 Å². The Labute approximate surface area is 115 Å². The first-order chi connectivity index (χ1) is 9.02. The fourth-order valence-corrected chi connectivity index (χ4v) is 2.74. The van der Waals surface area contributed by atoms with Gasteiger partial charge in [-0.3, -0.25) is 0 Å². The third kappa shape index (κ3) is 3.77. The van der Waals surface area contributed by atoms with E-state index in [1.54, 1.807) is 12.1 Å². The van der Waals surface area contributed by atoms with Gasteiger partial charge in [0.25, 0.3) is 0 Å². The molecular formula is C16H24FNO. The van der Waals surface area contributed by atoms with Crippen molar-refractivity contribution in [3.63, 3.8) is 0 Å². The number of nitrogens with one attached hydrogen (secondary N) is 1. The Bertz CT molecular complexity index is 423. The Balaban J connectivity index is 1.97. The summed E-state index contributed by atoms with van der Waals surface area (Å²) < 4.78 is 19.1. The van der Waals surface area contributed by atoms with Crippen LogP contribution in [0.5, 0.6) is 0 Å². The van der Waals surface area contributed by atoms with E-state index in [0.29, 0.717) is 6.04 Å². The lowest BCUT2D eigenvalue weighted by molar-refractivity contribution is -0.0789. The van der Waals surface area contributed by atoms with Gasteiger partial charge >= 0.3 is 0 Å². The summed E-state index contributed by atoms with van der Waals surface area (Å²) in [6.45, 7) is 7.23. The van der Waals surface area contributed by atoms with Crippen LogP contribution in [-0.2, 0) is 4.74 Å². The number of ether oxygens (including phenoxy) is 1. The molecule has 3 unspecified atom stereocenters. The quantitative estimate of drug-likeness (QED) is 0.893. The highest BCUT2D eigenvalue weighted by Crippen LogP contribution is 2.29. The minimum atomic E-state index is -0.170. The maximum atomic E-state index is 13.2. The Morgan fingerprint density at radius 1 is 1.53 bits per heavy atom. The molecule has 3 atom stereocenters. The van der Waals surface area contributed by atoms with E-state index in [-0.39, 0.29) is 17.5 Å². The molecule has 1 aromatic carbocycles. The first kappa shape index (κ1) is 14.5. The van der Waals surface area contributed by atoms with Crippen LogP contribution in [0.25, 0.3) is 0 Å². The second-order valence-electron chi connectivity index (χ2n) is 5.79. The van der Waals surface area contributed by atoms with Crippen molar-refractivity contribution in [3.8, 4) is 0 Å². The molecule has 1 fully saturated rings. The first-order valence-electron chi connectivity index (χ1n) is 7.18. The average molecular weight is 265 g/mol. The van der Waals surface area contributed by atoms with E-state index in [1.807, 2.05) is 6.07 Å². The molecule has 19 heavy (non-hydrogen) atoms. The van der Waals surface area contributed by atoms with Crippen LogP contribution >= 0.6 is 0 Å². The summed E-state index contributed by atoms with van der Waals surface area (Å²) in [5.74, 6) is -0.170. The number of rotatable bonds is 4. The maximum Gasteiger partial charge on any atom is 0.123 e. The van der Waals surface area contributed by atoms with Crippen molar-refractivity contribution >= 4 is 0 Å². The molecule has 0 aliphatic carbocycles. The Hall–Kier alpha value is -0.930. The zero-order valence-electron chi connectivity index (χ0n) is 12.1. The van der Waals surface area contributed by atoms with Crippen molar-refractivity contribution < 1.29 is 9.13 Å². The van der Waals surface area contributed by atoms with Crippen LogP contribution < -0.4 is 5.32 Å². The van der Waals surface area contributed by atoms with Crippen LogP contribution in [-0.4, -0.2) is 18.2 Å². The molecule has 1 heterocycles. The van der Waals surface area contributed by atoms with Crippen LogP contribution in [0.15, 0.2) is 24.3 Å². The van der Waals surface area contributed by atoms with Crippen LogP contribution in [0.4, 0.5) is 4.39 Å². The Kier molecular flexibility index (Phi) is 4.58. The SMILES string of the molecule is CCC1(C)CC(NC(C)c2cccc(F)c2)CCO1. The van der Waals surface area contributed by atoms with E-state index in [2.05, 4.69) is 26.1 Å². The van der Waals surface area contributed by atoms with Gasteiger partial charge in [-0.2, -0.15) is 0 Å². The van der Waals surface area contributed by atoms with Crippen molar-refractivity contribution in [2.45, 2.75) is 57.7 Å². The fourth-order valence-electron chi connectivity index (χ4n) is 2.74. The predicted molar refractivity (Wildman–Crippen MR) is 75.6 cm³/mol. The minimum Gasteiger partial charge on any atom is -0.375 e. The van der Waals surface area contributed by atoms with Crippen molar-refractivity contribution in [1.29, 1.82) is 0 Å². The summed E-state index contributed by atoms with van der Waals surface area (Å²) in [7, 11) is 0. The molecule has 106 valence electrons. The predicted octanol–water partition coefficient (Wildman–Crippen LogP) is 3.82. The second kappa shape index (κ2) is 6.02. The van der Waals surface area contributed by atoms with E-state index >= 15 is 0 Å². The largest absolute Gasteiger partial charge is 0.375 e. The number of hydrogen-bond acceptors (Lipinski definition) is 2. The second-order valence-corrected chi connectivity index (χ2v) is 5.79. The molecule has 0 amide bonds. The van der Waals surface area contributed by atoms with Gasteiger partial charge in [0, 0.05) is 18.7 Å². The van der Waals surface area contributed by atoms with Gasteiger partial charge in [-0.25, -0.2) is 4.39 Å². The molecule has 0 bridgehead atoms. The highest BCUT2D eigenvalue weighted by molar-refractivity contribution is 5.19. The van der Waals surface area contributed by atoms with Gasteiger partial charge in [0.05, 0.1) is 5.60 Å². The Morgan fingerprint density at radius 2 is 2.32 bits per heavy atom. The maximum absolute atomic E-state index is 13.2. The summed E-state index contributed by atoms with van der Waals surface area (Å²) in [6.07, 6.45) is 3.07. The molecule has 2 nitrogen and oxygen atoms in total. The molecule has 2 rings (SSSR count). The Morgan fingerprint density at radius 3 is 3.00 bits per heavy atom. The van der Waals surface area contributed by atoms with E-state index in [9.17, 15) is 4.39 Å². The van der Waals surface area contributed by atoms with Gasteiger partial charge < -0.3 is 10.1 Å². The van der Waals surface area contributed by atoms with Crippen LogP contribution in [0, 0.1) is 5.82 Å². The molecule has 0 radical (unpaired) electrons. The molecule has 1 aliphatic rings. The van der Waals surface area contributed by atoms with E-state index in [0.717, 1.165) is 31.4 Å². The summed E-state index contributed by atoms with van der Waals surface area (Å²) in [4.78, 5) is 0. The zero-order chi connectivity index (χ0) is 13.9. The summed E-state index contributed by atoms with van der Waals surface area (Å²) in [5, 5.41) is 3.61. The van der Waals surface area contributed by atoms with Crippen molar-refractivity contribution in [3.05, 3.63) is 35.6 Å². The van der Waals surface area contributed by atoms with Gasteiger partial charge in [-0.15, -0.1) is 0 Å². The molecular weight excluding hydrogens is 241 g/mol. The molecule has 1 saturated heterocycles. The molecule has 0 spiro atoms. The monoisotopic (exact) mass is 265 g/mol. The van der Waals surface area contributed by atoms with E-state index in [4.69, 9.17) is 4.74 Å². The number of benzene rings is 1. The zero-order valence-corrected chi connectivity index (χ0v) is 12.1. The van der Waals surface area contributed by atoms with Gasteiger partial charge in [-0.05, 0) is 50.8 Å². The standard InChI is InChI=1S/C16H24FNO/c1-4-16(3)11-15(8-9-19-16)18-12(2)13-6-5-7-14(17)10-13/h5-7,10,12,15,18H,4,8-9,11H2,1-3H3. The lowest BCUT2D eigenvalue weighted by Crippen LogP contribution is -2.45. The number of hydrogen-bond donors (Lipinski definition) is 1. The summed E-state index contributed by atoms with van der Waals surface area (Å²) >= 11 is 0. The lowest BCUT2D eigenvalue weighted by Gasteiger charge is -2.39. The van der Waals surface area contributed by atoms with Crippen LogP contribution in [0.2, 0.25) is 0 Å². The lowest BCUT2D eigenvalue weighted by atomic mass is 9.89. The molecule has 1 aliphatic heterocycles. The first-order valence-corrected chi connectivity index (χ1v) is 7.18. The van der Waals surface area contributed by atoms with E-state index < -0.39 is 0 Å². The third-order valence-corrected chi connectivity index (χ3v) is 4.18. The summed E-state index contributed by atoms with van der Waals surface area (Å²) in [6, 6.07) is 7.44. The third-order valence-electron chi connectivity index (χ3n) is 4.18. The van der Waals surface area contributed by atoms with Crippen LogP contribution in [0.1, 0.15) is 51.6 Å². The van der Waals surface area contributed by atoms with Gasteiger partial charge in [0.2, 0.25) is 0 Å². The van der Waals surface area contributed by atoms with Crippen molar-refractivity contribution in [2.75, 3.05) is 6.61 Å². The van der Waals surface area contributed by atoms with Crippen molar-refractivity contribution in [1.82, 2.24) is 5.32 Å². The average Bonchev–Trinajstić information content (AvgIpc) is 2.39. The molecule has 1 aromatic rings. The molecule has 3 heteroatoms. The topological polar surface area (TPSA) is 21.3 Å². The van der Waals surface area contributed by atoms with Crippen molar-refractivity contribution in [2.24, 2.45) is 0 Å². The molecule has 1 N–H and O–H groups in total. The minimum absolute atomic E-state index is 0.0163. The molecule has 0 aromatic heterocycles. The normalized spacial score (nSPS) is 29.2. The van der Waals surface area contributed by atoms with Crippen LogP contribution in [0.3, 0.4) is 0 Å². The van der Waals surface area contributed by atoms with E-state index in [1.165, 1.54) is 6.07 Å². The fraction of sp³-hybridized carbons (Fsp3) is 0.625. The smallest absolute Gasteiger partial charge is 0.123 e. The number of halogens is 1.